The summed E-state index contributed by atoms with van der Waals surface area (Å²) in [6.45, 7) is 1.34. The van der Waals surface area contributed by atoms with E-state index in [4.69, 9.17) is 33.0 Å². The fourth-order valence-electron chi connectivity index (χ4n) is 2.33. The molecule has 2 rings (SSSR count). The van der Waals surface area contributed by atoms with Crippen LogP contribution in [-0.4, -0.2) is 29.3 Å². The first-order valence-corrected chi connectivity index (χ1v) is 8.99. The number of carboxylic acid groups (broad SMARTS) is 1. The van der Waals surface area contributed by atoms with E-state index < -0.39 is 24.2 Å². The van der Waals surface area contributed by atoms with Crippen molar-refractivity contribution >= 4 is 35.0 Å². The standard InChI is InChI=1S/C19H15Cl2F3O5/c1-10(18(26)27)28-15-9-5-12(16(20)17(15)21)4-8-14(25)11-2-6-13(7-3-11)29-19(22,23)24/h2-3,5-7,9-10H,4,8H2,1H3,(H,26,27)/t10-/m0/s1. The molecule has 156 valence electrons. The summed E-state index contributed by atoms with van der Waals surface area (Å²) >= 11 is 12.3. The maximum Gasteiger partial charge on any atom is 0.573 e. The minimum absolute atomic E-state index is 0.0263. The molecule has 1 N–H and O–H groups in total. The molecule has 0 heterocycles. The first-order valence-electron chi connectivity index (χ1n) is 8.23. The molecule has 5 nitrogen and oxygen atoms in total. The zero-order chi connectivity index (χ0) is 21.8. The summed E-state index contributed by atoms with van der Waals surface area (Å²) < 4.78 is 45.5. The molecule has 0 bridgehead atoms. The average molecular weight is 451 g/mol. The Balaban J connectivity index is 2.03. The highest BCUT2D eigenvalue weighted by Crippen LogP contribution is 2.36. The van der Waals surface area contributed by atoms with Crippen molar-refractivity contribution in [1.29, 1.82) is 0 Å². The van der Waals surface area contributed by atoms with Gasteiger partial charge in [0.2, 0.25) is 0 Å². The van der Waals surface area contributed by atoms with Crippen LogP contribution in [0.4, 0.5) is 13.2 Å². The number of hydrogen-bond acceptors (Lipinski definition) is 4. The van der Waals surface area contributed by atoms with Crippen LogP contribution in [0.15, 0.2) is 36.4 Å². The molecular formula is C19H15Cl2F3O5. The molecule has 0 radical (unpaired) electrons. The predicted molar refractivity (Wildman–Crippen MR) is 100.0 cm³/mol. The second-order valence-electron chi connectivity index (χ2n) is 5.94. The summed E-state index contributed by atoms with van der Waals surface area (Å²) in [7, 11) is 0. The average Bonchev–Trinajstić information content (AvgIpc) is 2.63. The first-order chi connectivity index (χ1) is 13.5. The van der Waals surface area contributed by atoms with Crippen LogP contribution in [0.25, 0.3) is 0 Å². The Labute approximate surface area is 173 Å². The molecule has 2 aromatic rings. The third-order valence-electron chi connectivity index (χ3n) is 3.81. The molecule has 0 spiro atoms. The maximum absolute atomic E-state index is 12.3. The van der Waals surface area contributed by atoms with E-state index in [9.17, 15) is 22.8 Å². The Hall–Kier alpha value is -2.45. The SMILES string of the molecule is C[C@H](Oc1ccc(CCC(=O)c2ccc(OC(F)(F)F)cc2)c(Cl)c1Cl)C(=O)O. The maximum atomic E-state index is 12.3. The van der Waals surface area contributed by atoms with Crippen LogP contribution in [0.2, 0.25) is 10.0 Å². The summed E-state index contributed by atoms with van der Waals surface area (Å²) in [6.07, 6.45) is -5.69. The normalized spacial score (nSPS) is 12.3. The van der Waals surface area contributed by atoms with E-state index in [1.807, 2.05) is 0 Å². The first kappa shape index (κ1) is 22.8. The molecule has 10 heteroatoms. The van der Waals surface area contributed by atoms with E-state index in [0.717, 1.165) is 12.1 Å². The van der Waals surface area contributed by atoms with E-state index in [1.54, 1.807) is 6.07 Å². The third kappa shape index (κ3) is 6.54. The second-order valence-corrected chi connectivity index (χ2v) is 6.70. The Morgan fingerprint density at radius 1 is 1.07 bits per heavy atom. The minimum Gasteiger partial charge on any atom is -0.479 e. The van der Waals surface area contributed by atoms with Gasteiger partial charge in [-0.3, -0.25) is 4.79 Å². The van der Waals surface area contributed by atoms with Crippen molar-refractivity contribution in [2.75, 3.05) is 0 Å². The Morgan fingerprint density at radius 2 is 1.69 bits per heavy atom. The summed E-state index contributed by atoms with van der Waals surface area (Å²) in [4.78, 5) is 23.1. The molecule has 2 aromatic carbocycles. The number of carbonyl (C=O) groups excluding carboxylic acids is 1. The van der Waals surface area contributed by atoms with Crippen molar-refractivity contribution in [2.45, 2.75) is 32.2 Å². The van der Waals surface area contributed by atoms with Gasteiger partial charge in [0.1, 0.15) is 16.5 Å². The van der Waals surface area contributed by atoms with Crippen molar-refractivity contribution in [3.05, 3.63) is 57.6 Å². The van der Waals surface area contributed by atoms with E-state index in [-0.39, 0.29) is 40.0 Å². The van der Waals surface area contributed by atoms with Crippen LogP contribution in [0.1, 0.15) is 29.3 Å². The Bertz CT molecular complexity index is 898. The second kappa shape index (κ2) is 9.37. The van der Waals surface area contributed by atoms with Crippen LogP contribution < -0.4 is 9.47 Å². The fraction of sp³-hybridized carbons (Fsp3) is 0.263. The topological polar surface area (TPSA) is 72.8 Å². The molecule has 0 amide bonds. The Morgan fingerprint density at radius 3 is 2.24 bits per heavy atom. The monoisotopic (exact) mass is 450 g/mol. The Kier molecular flexibility index (Phi) is 7.37. The number of rotatable bonds is 8. The summed E-state index contributed by atoms with van der Waals surface area (Å²) in [5.74, 6) is -1.80. The van der Waals surface area contributed by atoms with Crippen LogP contribution in [-0.2, 0) is 11.2 Å². The molecule has 0 aliphatic heterocycles. The van der Waals surface area contributed by atoms with Gasteiger partial charge in [0.15, 0.2) is 11.9 Å². The van der Waals surface area contributed by atoms with Gasteiger partial charge in [0.05, 0.1) is 5.02 Å². The van der Waals surface area contributed by atoms with Gasteiger partial charge in [0.25, 0.3) is 0 Å². The van der Waals surface area contributed by atoms with E-state index >= 15 is 0 Å². The molecule has 0 aromatic heterocycles. The van der Waals surface area contributed by atoms with Gasteiger partial charge in [-0.2, -0.15) is 0 Å². The quantitative estimate of drug-likeness (QED) is 0.533. The largest absolute Gasteiger partial charge is 0.573 e. The van der Waals surface area contributed by atoms with Crippen molar-refractivity contribution in [2.24, 2.45) is 0 Å². The van der Waals surface area contributed by atoms with Crippen molar-refractivity contribution < 1.29 is 37.3 Å². The van der Waals surface area contributed by atoms with Gasteiger partial charge < -0.3 is 14.6 Å². The number of benzene rings is 2. The number of alkyl halides is 3. The zero-order valence-corrected chi connectivity index (χ0v) is 16.4. The molecule has 0 saturated heterocycles. The predicted octanol–water partition coefficient (Wildman–Crippen LogP) is 5.56. The summed E-state index contributed by atoms with van der Waals surface area (Å²) in [5.41, 5.74) is 0.759. The highest BCUT2D eigenvalue weighted by Gasteiger charge is 2.31. The number of carboxylic acids is 1. The van der Waals surface area contributed by atoms with Crippen molar-refractivity contribution in [3.8, 4) is 11.5 Å². The smallest absolute Gasteiger partial charge is 0.479 e. The zero-order valence-electron chi connectivity index (χ0n) is 14.9. The van der Waals surface area contributed by atoms with Gasteiger partial charge in [-0.1, -0.05) is 29.3 Å². The molecule has 0 unspecified atom stereocenters. The van der Waals surface area contributed by atoms with Gasteiger partial charge in [-0.05, 0) is 49.2 Å². The number of halogens is 5. The van der Waals surface area contributed by atoms with Gasteiger partial charge >= 0.3 is 12.3 Å². The number of aliphatic carboxylic acids is 1. The number of Topliss-reactive ketones (excluding diaryl/α,β-unsaturated/α-hetero) is 1. The van der Waals surface area contributed by atoms with Gasteiger partial charge in [0, 0.05) is 12.0 Å². The number of ether oxygens (including phenoxy) is 2. The number of carbonyl (C=O) groups is 2. The van der Waals surface area contributed by atoms with Crippen LogP contribution in [0.5, 0.6) is 11.5 Å². The molecule has 0 saturated carbocycles. The highest BCUT2D eigenvalue weighted by molar-refractivity contribution is 6.43. The summed E-state index contributed by atoms with van der Waals surface area (Å²) in [5, 5.41) is 9.04. The molecule has 1 atom stereocenters. The minimum atomic E-state index is -4.81. The van der Waals surface area contributed by atoms with Crippen LogP contribution in [0.3, 0.4) is 0 Å². The lowest BCUT2D eigenvalue weighted by molar-refractivity contribution is -0.274. The molecule has 0 fully saturated rings. The van der Waals surface area contributed by atoms with E-state index in [1.165, 1.54) is 25.1 Å². The number of hydrogen-bond donors (Lipinski definition) is 1. The van der Waals surface area contributed by atoms with Gasteiger partial charge in [-0.15, -0.1) is 13.2 Å². The van der Waals surface area contributed by atoms with Crippen LogP contribution in [0, 0.1) is 0 Å². The van der Waals surface area contributed by atoms with Crippen molar-refractivity contribution in [3.63, 3.8) is 0 Å². The molecule has 29 heavy (non-hydrogen) atoms. The fourth-order valence-corrected chi connectivity index (χ4v) is 2.81. The van der Waals surface area contributed by atoms with E-state index in [0.29, 0.717) is 5.56 Å². The molecule has 0 aliphatic carbocycles. The van der Waals surface area contributed by atoms with E-state index in [2.05, 4.69) is 4.74 Å². The van der Waals surface area contributed by atoms with Crippen LogP contribution >= 0.6 is 23.2 Å². The lowest BCUT2D eigenvalue weighted by atomic mass is 10.0. The van der Waals surface area contributed by atoms with Gasteiger partial charge in [-0.25, -0.2) is 4.79 Å². The molecular weight excluding hydrogens is 436 g/mol. The van der Waals surface area contributed by atoms with Crippen molar-refractivity contribution in [1.82, 2.24) is 0 Å². The summed E-state index contributed by atoms with van der Waals surface area (Å²) in [6, 6.07) is 7.60. The lowest BCUT2D eigenvalue weighted by Crippen LogP contribution is -2.23. The number of aryl methyl sites for hydroxylation is 1. The lowest BCUT2D eigenvalue weighted by Gasteiger charge is -2.14. The third-order valence-corrected chi connectivity index (χ3v) is 4.71. The number of ketones is 1. The molecule has 0 aliphatic rings. The highest BCUT2D eigenvalue weighted by atomic mass is 35.5.